The number of hydrogen-bond acceptors (Lipinski definition) is 3. The zero-order valence-electron chi connectivity index (χ0n) is 17.6. The smallest absolute Gasteiger partial charge is 0.253 e. The fourth-order valence-corrected chi connectivity index (χ4v) is 3.88. The summed E-state index contributed by atoms with van der Waals surface area (Å²) in [7, 11) is 1.58. The van der Waals surface area contributed by atoms with Gasteiger partial charge in [0.25, 0.3) is 11.8 Å². The van der Waals surface area contributed by atoms with Gasteiger partial charge in [-0.25, -0.2) is 0 Å². The first-order chi connectivity index (χ1) is 15.1. The molecular formula is C26H26N2O3. The second kappa shape index (κ2) is 9.47. The predicted molar refractivity (Wildman–Crippen MR) is 121 cm³/mol. The van der Waals surface area contributed by atoms with Crippen LogP contribution in [0.1, 0.15) is 33.6 Å². The Kier molecular flexibility index (Phi) is 6.32. The number of carbonyl (C=O) groups is 2. The number of hydrogen-bond donors (Lipinski definition) is 1. The zero-order chi connectivity index (χ0) is 21.6. The highest BCUT2D eigenvalue weighted by Crippen LogP contribution is 2.21. The quantitative estimate of drug-likeness (QED) is 0.673. The van der Waals surface area contributed by atoms with E-state index in [0.717, 1.165) is 24.0 Å². The molecule has 2 amide bonds. The molecule has 1 aliphatic rings. The molecule has 31 heavy (non-hydrogen) atoms. The van der Waals surface area contributed by atoms with E-state index < -0.39 is 0 Å². The van der Waals surface area contributed by atoms with E-state index in [1.807, 2.05) is 53.4 Å². The highest BCUT2D eigenvalue weighted by atomic mass is 16.5. The first-order valence-electron chi connectivity index (χ1n) is 10.5. The van der Waals surface area contributed by atoms with Gasteiger partial charge in [-0.3, -0.25) is 9.59 Å². The molecule has 1 aliphatic heterocycles. The van der Waals surface area contributed by atoms with E-state index in [4.69, 9.17) is 4.74 Å². The molecule has 0 radical (unpaired) electrons. The third-order valence-electron chi connectivity index (χ3n) is 5.69. The van der Waals surface area contributed by atoms with Crippen LogP contribution in [-0.4, -0.2) is 43.0 Å². The maximum atomic E-state index is 12.9. The van der Waals surface area contributed by atoms with Crippen molar-refractivity contribution >= 4 is 11.8 Å². The number of rotatable bonds is 5. The standard InChI is InChI=1S/C26H26N2O3/c1-31-24-9-5-8-22(18-24)25(29)27-23-14-16-28(17-15-23)26(30)21-12-10-20(11-13-21)19-6-3-2-4-7-19/h2-13,18,23H,14-17H2,1H3,(H,27,29). The number of amides is 2. The van der Waals surface area contributed by atoms with Gasteiger partial charge in [0.1, 0.15) is 5.75 Å². The van der Waals surface area contributed by atoms with Gasteiger partial charge in [0.2, 0.25) is 0 Å². The van der Waals surface area contributed by atoms with Gasteiger partial charge < -0.3 is 15.0 Å². The van der Waals surface area contributed by atoms with Gasteiger partial charge in [0.05, 0.1) is 7.11 Å². The largest absolute Gasteiger partial charge is 0.497 e. The third kappa shape index (κ3) is 4.94. The van der Waals surface area contributed by atoms with Gasteiger partial charge in [-0.2, -0.15) is 0 Å². The van der Waals surface area contributed by atoms with Crippen LogP contribution in [0.3, 0.4) is 0 Å². The molecule has 0 saturated carbocycles. The fourth-order valence-electron chi connectivity index (χ4n) is 3.88. The molecule has 1 fully saturated rings. The van der Waals surface area contributed by atoms with Crippen LogP contribution in [0.2, 0.25) is 0 Å². The average Bonchev–Trinajstić information content (AvgIpc) is 2.85. The number of nitrogens with one attached hydrogen (secondary N) is 1. The molecule has 0 bridgehead atoms. The highest BCUT2D eigenvalue weighted by molar-refractivity contribution is 5.95. The van der Waals surface area contributed by atoms with Crippen LogP contribution in [0.25, 0.3) is 11.1 Å². The lowest BCUT2D eigenvalue weighted by Crippen LogP contribution is -2.46. The molecule has 0 aromatic heterocycles. The molecule has 0 unspecified atom stereocenters. The van der Waals surface area contributed by atoms with Crippen molar-refractivity contribution in [3.8, 4) is 16.9 Å². The third-order valence-corrected chi connectivity index (χ3v) is 5.69. The fraction of sp³-hybridized carbons (Fsp3) is 0.231. The maximum Gasteiger partial charge on any atom is 0.253 e. The summed E-state index contributed by atoms with van der Waals surface area (Å²) in [5, 5.41) is 3.08. The van der Waals surface area contributed by atoms with E-state index in [9.17, 15) is 9.59 Å². The first kappa shape index (κ1) is 20.7. The predicted octanol–water partition coefficient (Wildman–Crippen LogP) is 4.40. The van der Waals surface area contributed by atoms with Gasteiger partial charge in [0, 0.05) is 30.3 Å². The van der Waals surface area contributed by atoms with Crippen LogP contribution in [0, 0.1) is 0 Å². The second-order valence-corrected chi connectivity index (χ2v) is 7.72. The molecule has 4 rings (SSSR count). The van der Waals surface area contributed by atoms with Gasteiger partial charge >= 0.3 is 0 Å². The van der Waals surface area contributed by atoms with Crippen molar-refractivity contribution in [1.82, 2.24) is 10.2 Å². The number of methoxy groups -OCH3 is 1. The Labute approximate surface area is 182 Å². The Hall–Kier alpha value is -3.60. The summed E-state index contributed by atoms with van der Waals surface area (Å²) in [6.45, 7) is 1.25. The van der Waals surface area contributed by atoms with Crippen LogP contribution in [0.5, 0.6) is 5.75 Å². The van der Waals surface area contributed by atoms with E-state index in [1.165, 1.54) is 0 Å². The lowest BCUT2D eigenvalue weighted by Gasteiger charge is -2.32. The van der Waals surface area contributed by atoms with Gasteiger partial charge in [-0.15, -0.1) is 0 Å². The van der Waals surface area contributed by atoms with E-state index in [1.54, 1.807) is 25.3 Å². The van der Waals surface area contributed by atoms with Crippen LogP contribution < -0.4 is 10.1 Å². The molecule has 1 saturated heterocycles. The summed E-state index contributed by atoms with van der Waals surface area (Å²) in [4.78, 5) is 27.3. The lowest BCUT2D eigenvalue weighted by atomic mass is 10.0. The number of ether oxygens (including phenoxy) is 1. The summed E-state index contributed by atoms with van der Waals surface area (Å²) >= 11 is 0. The van der Waals surface area contributed by atoms with Crippen molar-refractivity contribution in [3.05, 3.63) is 90.0 Å². The Morgan fingerprint density at radius 1 is 0.839 bits per heavy atom. The second-order valence-electron chi connectivity index (χ2n) is 7.72. The zero-order valence-corrected chi connectivity index (χ0v) is 17.6. The molecule has 3 aromatic rings. The van der Waals surface area contributed by atoms with E-state index in [-0.39, 0.29) is 17.9 Å². The number of carbonyl (C=O) groups excluding carboxylic acids is 2. The van der Waals surface area contributed by atoms with E-state index in [2.05, 4.69) is 17.4 Å². The minimum atomic E-state index is -0.111. The molecule has 0 aliphatic carbocycles. The van der Waals surface area contributed by atoms with Gasteiger partial charge in [-0.05, 0) is 54.3 Å². The summed E-state index contributed by atoms with van der Waals surface area (Å²) in [5.41, 5.74) is 3.50. The summed E-state index contributed by atoms with van der Waals surface area (Å²) in [6.07, 6.45) is 1.48. The molecular weight excluding hydrogens is 388 g/mol. The topological polar surface area (TPSA) is 58.6 Å². The van der Waals surface area contributed by atoms with Gasteiger partial charge in [-0.1, -0.05) is 48.5 Å². The summed E-state index contributed by atoms with van der Waals surface area (Å²) in [6, 6.07) is 25.1. The number of benzene rings is 3. The molecule has 5 nitrogen and oxygen atoms in total. The minimum absolute atomic E-state index is 0.0391. The summed E-state index contributed by atoms with van der Waals surface area (Å²) in [5.74, 6) is 0.587. The number of likely N-dealkylation sites (tertiary alicyclic amines) is 1. The van der Waals surface area contributed by atoms with Crippen LogP contribution in [0.15, 0.2) is 78.9 Å². The van der Waals surface area contributed by atoms with Crippen molar-refractivity contribution in [2.75, 3.05) is 20.2 Å². The first-order valence-corrected chi connectivity index (χ1v) is 10.5. The van der Waals surface area contributed by atoms with Gasteiger partial charge in [0.15, 0.2) is 0 Å². The van der Waals surface area contributed by atoms with E-state index >= 15 is 0 Å². The van der Waals surface area contributed by atoms with E-state index in [0.29, 0.717) is 30.0 Å². The SMILES string of the molecule is COc1cccc(C(=O)NC2CCN(C(=O)c3ccc(-c4ccccc4)cc3)CC2)c1. The molecule has 1 N–H and O–H groups in total. The average molecular weight is 415 g/mol. The van der Waals surface area contributed by atoms with Crippen molar-refractivity contribution in [1.29, 1.82) is 0 Å². The lowest BCUT2D eigenvalue weighted by molar-refractivity contribution is 0.0698. The molecule has 158 valence electrons. The highest BCUT2D eigenvalue weighted by Gasteiger charge is 2.25. The van der Waals surface area contributed by atoms with Crippen molar-refractivity contribution < 1.29 is 14.3 Å². The summed E-state index contributed by atoms with van der Waals surface area (Å²) < 4.78 is 5.19. The van der Waals surface area contributed by atoms with Crippen LogP contribution >= 0.6 is 0 Å². The van der Waals surface area contributed by atoms with Crippen LogP contribution in [-0.2, 0) is 0 Å². The van der Waals surface area contributed by atoms with Crippen molar-refractivity contribution in [2.24, 2.45) is 0 Å². The number of piperidine rings is 1. The minimum Gasteiger partial charge on any atom is -0.497 e. The molecule has 5 heteroatoms. The monoisotopic (exact) mass is 414 g/mol. The Morgan fingerprint density at radius 2 is 1.52 bits per heavy atom. The van der Waals surface area contributed by atoms with Crippen molar-refractivity contribution in [3.63, 3.8) is 0 Å². The van der Waals surface area contributed by atoms with Crippen LogP contribution in [0.4, 0.5) is 0 Å². The van der Waals surface area contributed by atoms with Crippen molar-refractivity contribution in [2.45, 2.75) is 18.9 Å². The normalized spacial score (nSPS) is 14.2. The Bertz CT molecular complexity index is 1040. The molecule has 0 spiro atoms. The number of nitrogens with zero attached hydrogens (tertiary/aromatic N) is 1. The maximum absolute atomic E-state index is 12.9. The Morgan fingerprint density at radius 3 is 2.19 bits per heavy atom. The molecule has 3 aromatic carbocycles. The molecule has 0 atom stereocenters. The molecule has 1 heterocycles. The Balaban J connectivity index is 1.32.